The molecule has 0 saturated carbocycles. The molecule has 0 spiro atoms. The third-order valence-corrected chi connectivity index (χ3v) is 1.23. The van der Waals surface area contributed by atoms with E-state index in [2.05, 4.69) is 4.98 Å². The molecule has 0 unspecified atom stereocenters. The van der Waals surface area contributed by atoms with Crippen molar-refractivity contribution >= 4 is 18.4 Å². The van der Waals surface area contributed by atoms with Crippen LogP contribution in [0.4, 0.5) is 0 Å². The summed E-state index contributed by atoms with van der Waals surface area (Å²) in [4.78, 5) is 14.1. The Morgan fingerprint density at radius 3 is 2.46 bits per heavy atom. The minimum Gasteiger partial charge on any atom is -0.456 e. The van der Waals surface area contributed by atoms with E-state index in [-0.39, 0.29) is 18.4 Å². The van der Waals surface area contributed by atoms with Gasteiger partial charge in [-0.3, -0.25) is 0 Å². The van der Waals surface area contributed by atoms with Gasteiger partial charge >= 0.3 is 5.97 Å². The summed E-state index contributed by atoms with van der Waals surface area (Å²) in [7, 11) is 0. The van der Waals surface area contributed by atoms with Crippen LogP contribution in [0, 0.1) is 0 Å². The van der Waals surface area contributed by atoms with Gasteiger partial charge in [0.1, 0.15) is 5.60 Å². The molecule has 1 aromatic rings. The van der Waals surface area contributed by atoms with Crippen molar-refractivity contribution in [3.8, 4) is 0 Å². The van der Waals surface area contributed by atoms with Gasteiger partial charge in [0.05, 0.1) is 5.56 Å². The average molecular weight is 204 g/mol. The number of carbonyl (C=O) groups is 1. The van der Waals surface area contributed by atoms with Crippen LogP contribution in [0.15, 0.2) is 18.5 Å². The van der Waals surface area contributed by atoms with E-state index < -0.39 is 5.60 Å². The summed E-state index contributed by atoms with van der Waals surface area (Å²) in [6.07, 6.45) is 3.31. The molecule has 3 nitrogen and oxygen atoms in total. The maximum absolute atomic E-state index is 11.3. The van der Waals surface area contributed by atoms with Gasteiger partial charge in [0.25, 0.3) is 0 Å². The predicted octanol–water partition coefficient (Wildman–Crippen LogP) is 2.39. The maximum atomic E-state index is 11.3. The molecule has 0 radical (unpaired) electrons. The van der Waals surface area contributed by atoms with Crippen LogP contribution in [-0.4, -0.2) is 16.6 Å². The number of H-pyrrole nitrogens is 1. The lowest BCUT2D eigenvalue weighted by Gasteiger charge is -2.18. The van der Waals surface area contributed by atoms with Gasteiger partial charge in [-0.1, -0.05) is 0 Å². The molecule has 0 aliphatic rings. The minimum atomic E-state index is -0.422. The molecule has 1 rings (SSSR count). The zero-order valence-electron chi connectivity index (χ0n) is 7.96. The van der Waals surface area contributed by atoms with Crippen LogP contribution in [0.25, 0.3) is 0 Å². The molecule has 0 saturated heterocycles. The first-order valence-corrected chi connectivity index (χ1v) is 3.85. The van der Waals surface area contributed by atoms with Gasteiger partial charge in [0, 0.05) is 12.4 Å². The van der Waals surface area contributed by atoms with Crippen LogP contribution in [0.3, 0.4) is 0 Å². The Labute approximate surface area is 83.9 Å². The van der Waals surface area contributed by atoms with E-state index in [0.717, 1.165) is 0 Å². The van der Waals surface area contributed by atoms with Crippen molar-refractivity contribution in [1.29, 1.82) is 0 Å². The zero-order chi connectivity index (χ0) is 9.19. The molecular formula is C9H14ClNO2. The van der Waals surface area contributed by atoms with E-state index >= 15 is 0 Å². The van der Waals surface area contributed by atoms with E-state index in [1.807, 2.05) is 20.8 Å². The summed E-state index contributed by atoms with van der Waals surface area (Å²) in [6, 6.07) is 1.69. The van der Waals surface area contributed by atoms with Crippen LogP contribution >= 0.6 is 12.4 Å². The number of hydrogen-bond acceptors (Lipinski definition) is 2. The smallest absolute Gasteiger partial charge is 0.340 e. The fourth-order valence-corrected chi connectivity index (χ4v) is 0.788. The molecule has 74 valence electrons. The van der Waals surface area contributed by atoms with Crippen molar-refractivity contribution in [3.63, 3.8) is 0 Å². The number of nitrogens with one attached hydrogen (secondary N) is 1. The van der Waals surface area contributed by atoms with Crippen LogP contribution < -0.4 is 0 Å². The Bertz CT molecular complexity index is 262. The first-order valence-electron chi connectivity index (χ1n) is 3.85. The third kappa shape index (κ3) is 3.99. The lowest BCUT2D eigenvalue weighted by Crippen LogP contribution is -2.23. The van der Waals surface area contributed by atoms with Crippen molar-refractivity contribution < 1.29 is 9.53 Å². The number of hydrogen-bond donors (Lipinski definition) is 1. The molecule has 0 aliphatic heterocycles. The SMILES string of the molecule is CC(C)(C)OC(=O)c1cc[nH]c1.Cl. The second-order valence-electron chi connectivity index (χ2n) is 3.60. The summed E-state index contributed by atoms with van der Waals surface area (Å²) in [5.41, 5.74) is 0.138. The molecule has 0 aliphatic carbocycles. The Morgan fingerprint density at radius 1 is 1.46 bits per heavy atom. The van der Waals surface area contributed by atoms with Crippen molar-refractivity contribution in [1.82, 2.24) is 4.98 Å². The Kier molecular flexibility index (Phi) is 4.01. The van der Waals surface area contributed by atoms with Gasteiger partial charge in [-0.2, -0.15) is 0 Å². The van der Waals surface area contributed by atoms with Crippen LogP contribution in [0.5, 0.6) is 0 Å². The highest BCUT2D eigenvalue weighted by Crippen LogP contribution is 2.10. The van der Waals surface area contributed by atoms with E-state index in [1.54, 1.807) is 18.5 Å². The Hall–Kier alpha value is -0.960. The maximum Gasteiger partial charge on any atom is 0.340 e. The first-order chi connectivity index (χ1) is 5.49. The molecule has 0 fully saturated rings. The molecule has 0 bridgehead atoms. The molecule has 4 heteroatoms. The molecule has 1 heterocycles. The highest BCUT2D eigenvalue weighted by atomic mass is 35.5. The molecule has 0 amide bonds. The van der Waals surface area contributed by atoms with Crippen molar-refractivity contribution in [3.05, 3.63) is 24.0 Å². The fourth-order valence-electron chi connectivity index (χ4n) is 0.788. The lowest BCUT2D eigenvalue weighted by molar-refractivity contribution is 0.00698. The number of esters is 1. The number of ether oxygens (including phenoxy) is 1. The summed E-state index contributed by atoms with van der Waals surface area (Å²) in [5.74, 6) is -0.288. The summed E-state index contributed by atoms with van der Waals surface area (Å²) < 4.78 is 5.12. The second kappa shape index (κ2) is 4.33. The highest BCUT2D eigenvalue weighted by Gasteiger charge is 2.17. The van der Waals surface area contributed by atoms with Gasteiger partial charge in [-0.15, -0.1) is 12.4 Å². The molecular weight excluding hydrogens is 190 g/mol. The zero-order valence-corrected chi connectivity index (χ0v) is 8.77. The summed E-state index contributed by atoms with van der Waals surface area (Å²) >= 11 is 0. The highest BCUT2D eigenvalue weighted by molar-refractivity contribution is 5.89. The van der Waals surface area contributed by atoms with Crippen molar-refractivity contribution in [2.45, 2.75) is 26.4 Å². The number of aromatic amines is 1. The number of aromatic nitrogens is 1. The van der Waals surface area contributed by atoms with E-state index in [9.17, 15) is 4.79 Å². The second-order valence-corrected chi connectivity index (χ2v) is 3.60. The van der Waals surface area contributed by atoms with Crippen molar-refractivity contribution in [2.24, 2.45) is 0 Å². The third-order valence-electron chi connectivity index (χ3n) is 1.23. The van der Waals surface area contributed by atoms with E-state index in [0.29, 0.717) is 5.56 Å². The monoisotopic (exact) mass is 203 g/mol. The first kappa shape index (κ1) is 12.0. The van der Waals surface area contributed by atoms with Crippen LogP contribution in [0.2, 0.25) is 0 Å². The molecule has 0 aromatic carbocycles. The number of carbonyl (C=O) groups excluding carboxylic acids is 1. The van der Waals surface area contributed by atoms with Gasteiger partial charge in [0.2, 0.25) is 0 Å². The minimum absolute atomic E-state index is 0. The lowest BCUT2D eigenvalue weighted by atomic mass is 10.2. The van der Waals surface area contributed by atoms with Crippen LogP contribution in [-0.2, 0) is 4.74 Å². The van der Waals surface area contributed by atoms with Gasteiger partial charge < -0.3 is 9.72 Å². The van der Waals surface area contributed by atoms with Gasteiger partial charge in [-0.05, 0) is 26.8 Å². The molecule has 13 heavy (non-hydrogen) atoms. The summed E-state index contributed by atoms with van der Waals surface area (Å²) in [6.45, 7) is 5.53. The molecule has 1 N–H and O–H groups in total. The largest absolute Gasteiger partial charge is 0.456 e. The fraction of sp³-hybridized carbons (Fsp3) is 0.444. The Morgan fingerprint density at radius 2 is 2.08 bits per heavy atom. The van der Waals surface area contributed by atoms with E-state index in [1.165, 1.54) is 0 Å². The summed E-state index contributed by atoms with van der Waals surface area (Å²) in [5, 5.41) is 0. The van der Waals surface area contributed by atoms with E-state index in [4.69, 9.17) is 4.74 Å². The molecule has 1 aromatic heterocycles. The number of rotatable bonds is 1. The predicted molar refractivity (Wildman–Crippen MR) is 53.2 cm³/mol. The standard InChI is InChI=1S/C9H13NO2.ClH/c1-9(2,3)12-8(11)7-4-5-10-6-7;/h4-6,10H,1-3H3;1H. The molecule has 0 atom stereocenters. The van der Waals surface area contributed by atoms with Crippen LogP contribution in [0.1, 0.15) is 31.1 Å². The topological polar surface area (TPSA) is 42.1 Å². The normalized spacial score (nSPS) is 10.4. The number of halogens is 1. The van der Waals surface area contributed by atoms with Gasteiger partial charge in [-0.25, -0.2) is 4.79 Å². The quantitative estimate of drug-likeness (QED) is 0.713. The average Bonchev–Trinajstić information content (AvgIpc) is 2.32. The Balaban J connectivity index is 0.00000144. The van der Waals surface area contributed by atoms with Gasteiger partial charge in [0.15, 0.2) is 0 Å². The van der Waals surface area contributed by atoms with Crippen molar-refractivity contribution in [2.75, 3.05) is 0 Å².